The molecule has 0 unspecified atom stereocenters. The van der Waals surface area contributed by atoms with E-state index in [1.54, 1.807) is 4.90 Å². The van der Waals surface area contributed by atoms with Crippen molar-refractivity contribution in [3.63, 3.8) is 0 Å². The molecular formula is C12H14FN3O4. The third kappa shape index (κ3) is 3.41. The first-order valence-corrected chi connectivity index (χ1v) is 6.13. The second-order valence-electron chi connectivity index (χ2n) is 4.29. The molecule has 0 spiro atoms. The van der Waals surface area contributed by atoms with Gasteiger partial charge in [0, 0.05) is 38.3 Å². The lowest BCUT2D eigenvalue weighted by Crippen LogP contribution is -2.47. The number of nitro benzene ring substituents is 1. The monoisotopic (exact) mass is 283 g/mol. The van der Waals surface area contributed by atoms with Gasteiger partial charge >= 0.3 is 5.69 Å². The Morgan fingerprint density at radius 3 is 2.75 bits per heavy atom. The molecule has 1 aromatic carbocycles. The van der Waals surface area contributed by atoms with Crippen molar-refractivity contribution in [3.05, 3.63) is 34.1 Å². The van der Waals surface area contributed by atoms with Gasteiger partial charge in [-0.05, 0) is 6.07 Å². The van der Waals surface area contributed by atoms with E-state index in [4.69, 9.17) is 4.74 Å². The molecule has 7 nitrogen and oxygen atoms in total. The Balaban J connectivity index is 1.92. The van der Waals surface area contributed by atoms with Gasteiger partial charge in [-0.1, -0.05) is 0 Å². The van der Waals surface area contributed by atoms with E-state index in [9.17, 15) is 19.3 Å². The molecule has 1 heterocycles. The number of piperazine rings is 1. The van der Waals surface area contributed by atoms with Crippen LogP contribution in [-0.2, 0) is 4.79 Å². The number of hydrogen-bond donors (Lipinski definition) is 1. The van der Waals surface area contributed by atoms with Crippen molar-refractivity contribution in [2.24, 2.45) is 0 Å². The number of nitro groups is 1. The van der Waals surface area contributed by atoms with Crippen molar-refractivity contribution in [3.8, 4) is 5.75 Å². The lowest BCUT2D eigenvalue weighted by Gasteiger charge is -2.27. The third-order valence-corrected chi connectivity index (χ3v) is 2.95. The van der Waals surface area contributed by atoms with Gasteiger partial charge in [-0.3, -0.25) is 14.9 Å². The number of nitrogens with one attached hydrogen (secondary N) is 1. The molecule has 0 aliphatic carbocycles. The summed E-state index contributed by atoms with van der Waals surface area (Å²) >= 11 is 0. The molecule has 1 aliphatic rings. The number of carbonyl (C=O) groups is 1. The first-order valence-electron chi connectivity index (χ1n) is 6.13. The van der Waals surface area contributed by atoms with Gasteiger partial charge in [-0.15, -0.1) is 0 Å². The van der Waals surface area contributed by atoms with Gasteiger partial charge in [0.1, 0.15) is 5.75 Å². The van der Waals surface area contributed by atoms with E-state index in [-0.39, 0.29) is 18.3 Å². The highest BCUT2D eigenvalue weighted by atomic mass is 19.1. The minimum absolute atomic E-state index is 0.0941. The van der Waals surface area contributed by atoms with Gasteiger partial charge in [0.2, 0.25) is 5.82 Å². The number of ether oxygens (including phenoxy) is 1. The summed E-state index contributed by atoms with van der Waals surface area (Å²) in [6.07, 6.45) is 0. The summed E-state index contributed by atoms with van der Waals surface area (Å²) < 4.78 is 18.5. The van der Waals surface area contributed by atoms with Crippen molar-refractivity contribution in [2.75, 3.05) is 32.8 Å². The van der Waals surface area contributed by atoms with Gasteiger partial charge in [0.25, 0.3) is 5.91 Å². The number of hydrogen-bond acceptors (Lipinski definition) is 5. The first kappa shape index (κ1) is 14.2. The predicted octanol–water partition coefficient (Wildman–Crippen LogP) is 0.544. The quantitative estimate of drug-likeness (QED) is 0.644. The van der Waals surface area contributed by atoms with Crippen molar-refractivity contribution in [2.45, 2.75) is 0 Å². The maximum absolute atomic E-state index is 13.4. The smallest absolute Gasteiger partial charge is 0.305 e. The summed E-state index contributed by atoms with van der Waals surface area (Å²) in [5.41, 5.74) is -0.620. The molecular weight excluding hydrogens is 269 g/mol. The summed E-state index contributed by atoms with van der Waals surface area (Å²) in [6, 6.07) is 3.19. The van der Waals surface area contributed by atoms with Crippen molar-refractivity contribution in [1.29, 1.82) is 0 Å². The highest BCUT2D eigenvalue weighted by molar-refractivity contribution is 5.77. The van der Waals surface area contributed by atoms with Crippen LogP contribution >= 0.6 is 0 Å². The largest absolute Gasteiger partial charge is 0.484 e. The molecule has 0 radical (unpaired) electrons. The summed E-state index contributed by atoms with van der Waals surface area (Å²) in [7, 11) is 0. The second-order valence-corrected chi connectivity index (χ2v) is 4.29. The molecule has 1 saturated heterocycles. The number of nitrogens with zero attached hydrogens (tertiary/aromatic N) is 2. The number of amides is 1. The molecule has 20 heavy (non-hydrogen) atoms. The highest BCUT2D eigenvalue weighted by Crippen LogP contribution is 2.22. The lowest BCUT2D eigenvalue weighted by molar-refractivity contribution is -0.387. The van der Waals surface area contributed by atoms with Crippen molar-refractivity contribution >= 4 is 11.6 Å². The van der Waals surface area contributed by atoms with E-state index in [1.165, 1.54) is 6.07 Å². The minimum Gasteiger partial charge on any atom is -0.484 e. The van der Waals surface area contributed by atoms with E-state index >= 15 is 0 Å². The SMILES string of the molecule is O=C(COc1ccc([N+](=O)[O-])c(F)c1)N1CCNCC1. The van der Waals surface area contributed by atoms with Gasteiger partial charge in [0.15, 0.2) is 6.61 Å². The molecule has 1 N–H and O–H groups in total. The standard InChI is InChI=1S/C12H14FN3O4/c13-10-7-9(1-2-11(10)16(18)19)20-8-12(17)15-5-3-14-4-6-15/h1-2,7,14H,3-6,8H2. The molecule has 8 heteroatoms. The third-order valence-electron chi connectivity index (χ3n) is 2.95. The van der Waals surface area contributed by atoms with Crippen LogP contribution in [0.1, 0.15) is 0 Å². The summed E-state index contributed by atoms with van der Waals surface area (Å²) in [6.45, 7) is 2.47. The molecule has 2 rings (SSSR count). The van der Waals surface area contributed by atoms with Crippen LogP contribution in [0.4, 0.5) is 10.1 Å². The molecule has 0 bridgehead atoms. The fraction of sp³-hybridized carbons (Fsp3) is 0.417. The topological polar surface area (TPSA) is 84.7 Å². The van der Waals surface area contributed by atoms with E-state index in [1.807, 2.05) is 0 Å². The zero-order valence-corrected chi connectivity index (χ0v) is 10.7. The van der Waals surface area contributed by atoms with E-state index < -0.39 is 16.4 Å². The van der Waals surface area contributed by atoms with Gasteiger partial charge in [0.05, 0.1) is 4.92 Å². The second kappa shape index (κ2) is 6.29. The molecule has 1 aromatic rings. The Hall–Kier alpha value is -2.22. The van der Waals surface area contributed by atoms with Gasteiger partial charge < -0.3 is 15.0 Å². The summed E-state index contributed by atoms with van der Waals surface area (Å²) in [5, 5.41) is 13.6. The summed E-state index contributed by atoms with van der Waals surface area (Å²) in [5.74, 6) is -1.08. The lowest BCUT2D eigenvalue weighted by atomic mass is 10.3. The van der Waals surface area contributed by atoms with Crippen molar-refractivity contribution < 1.29 is 18.8 Å². The van der Waals surface area contributed by atoms with Crippen LogP contribution < -0.4 is 10.1 Å². The zero-order valence-electron chi connectivity index (χ0n) is 10.7. The normalized spacial score (nSPS) is 14.9. The number of carbonyl (C=O) groups excluding carboxylic acids is 1. The molecule has 0 saturated carbocycles. The fourth-order valence-electron chi connectivity index (χ4n) is 1.88. The minimum atomic E-state index is -0.984. The van der Waals surface area contributed by atoms with Gasteiger partial charge in [-0.2, -0.15) is 4.39 Å². The molecule has 108 valence electrons. The van der Waals surface area contributed by atoms with Crippen LogP contribution in [-0.4, -0.2) is 48.5 Å². The van der Waals surface area contributed by atoms with Crippen LogP contribution in [0.25, 0.3) is 0 Å². The Labute approximate surface area is 114 Å². The van der Waals surface area contributed by atoms with Crippen molar-refractivity contribution in [1.82, 2.24) is 10.2 Å². The van der Waals surface area contributed by atoms with E-state index in [2.05, 4.69) is 5.32 Å². The highest BCUT2D eigenvalue weighted by Gasteiger charge is 2.18. The Kier molecular flexibility index (Phi) is 4.46. The number of rotatable bonds is 4. The number of benzene rings is 1. The fourth-order valence-corrected chi connectivity index (χ4v) is 1.88. The molecule has 1 aliphatic heterocycles. The van der Waals surface area contributed by atoms with Crippen LogP contribution in [0.3, 0.4) is 0 Å². The Morgan fingerprint density at radius 1 is 1.45 bits per heavy atom. The first-order chi connectivity index (χ1) is 9.58. The maximum atomic E-state index is 13.4. The number of halogens is 1. The van der Waals surface area contributed by atoms with Crippen LogP contribution in [0, 0.1) is 15.9 Å². The summed E-state index contributed by atoms with van der Waals surface area (Å²) in [4.78, 5) is 23.1. The zero-order chi connectivity index (χ0) is 14.5. The predicted molar refractivity (Wildman–Crippen MR) is 68.0 cm³/mol. The molecule has 0 aromatic heterocycles. The van der Waals surface area contributed by atoms with Crippen LogP contribution in [0.2, 0.25) is 0 Å². The molecule has 1 amide bonds. The van der Waals surface area contributed by atoms with E-state index in [0.29, 0.717) is 13.1 Å². The Morgan fingerprint density at radius 2 is 2.15 bits per heavy atom. The van der Waals surface area contributed by atoms with Gasteiger partial charge in [-0.25, -0.2) is 0 Å². The van der Waals surface area contributed by atoms with Crippen LogP contribution in [0.5, 0.6) is 5.75 Å². The van der Waals surface area contributed by atoms with Crippen LogP contribution in [0.15, 0.2) is 18.2 Å². The molecule has 0 atom stereocenters. The average Bonchev–Trinajstić information content (AvgIpc) is 2.45. The maximum Gasteiger partial charge on any atom is 0.305 e. The average molecular weight is 283 g/mol. The Bertz CT molecular complexity index is 517. The van der Waals surface area contributed by atoms with E-state index in [0.717, 1.165) is 25.2 Å². The molecule has 1 fully saturated rings.